The maximum atomic E-state index is 10.6. The molecule has 0 radical (unpaired) electrons. The van der Waals surface area contributed by atoms with E-state index in [-0.39, 0.29) is 7.43 Å². The molecule has 2 N–H and O–H groups in total. The lowest BCUT2D eigenvalue weighted by molar-refractivity contribution is -0.139. The van der Waals surface area contributed by atoms with Gasteiger partial charge in [-0.1, -0.05) is 14.4 Å². The average molecular weight is 227 g/mol. The normalized spacial score (nSPS) is 11.9. The van der Waals surface area contributed by atoms with E-state index in [2.05, 4.69) is 17.2 Å². The van der Waals surface area contributed by atoms with Gasteiger partial charge < -0.3 is 9.67 Å². The molecular formula is C11H21N3O2. The Hall–Kier alpha value is -1.36. The first-order valence-electron chi connectivity index (χ1n) is 5.11. The van der Waals surface area contributed by atoms with Crippen LogP contribution < -0.4 is 5.32 Å². The number of carboxylic acid groups (broad SMARTS) is 1. The molecule has 0 bridgehead atoms. The Morgan fingerprint density at radius 3 is 2.94 bits per heavy atom. The first kappa shape index (κ1) is 14.6. The summed E-state index contributed by atoms with van der Waals surface area (Å²) in [6, 6.07) is -0.545. The highest BCUT2D eigenvalue weighted by atomic mass is 16.4. The van der Waals surface area contributed by atoms with Crippen molar-refractivity contribution in [1.82, 2.24) is 14.9 Å². The smallest absolute Gasteiger partial charge is 0.320 e. The molecule has 5 nitrogen and oxygen atoms in total. The van der Waals surface area contributed by atoms with Crippen molar-refractivity contribution in [2.75, 3.05) is 0 Å². The molecule has 0 aliphatic rings. The molecule has 1 atom stereocenters. The van der Waals surface area contributed by atoms with E-state index in [1.807, 2.05) is 10.8 Å². The lowest BCUT2D eigenvalue weighted by Gasteiger charge is -2.10. The fourth-order valence-corrected chi connectivity index (χ4v) is 1.28. The molecule has 0 aliphatic carbocycles. The van der Waals surface area contributed by atoms with Crippen molar-refractivity contribution in [2.45, 2.75) is 46.8 Å². The van der Waals surface area contributed by atoms with E-state index < -0.39 is 12.0 Å². The van der Waals surface area contributed by atoms with Gasteiger partial charge in [-0.2, -0.15) is 0 Å². The number of hydrogen-bond donors (Lipinski definition) is 2. The minimum Gasteiger partial charge on any atom is -0.480 e. The van der Waals surface area contributed by atoms with Gasteiger partial charge in [-0.25, -0.2) is 4.98 Å². The second-order valence-corrected chi connectivity index (χ2v) is 3.48. The molecule has 92 valence electrons. The summed E-state index contributed by atoms with van der Waals surface area (Å²) >= 11 is 0. The molecule has 1 unspecified atom stereocenters. The van der Waals surface area contributed by atoms with E-state index in [1.165, 1.54) is 0 Å². The summed E-state index contributed by atoms with van der Waals surface area (Å²) in [5, 5.41) is 11.6. The Labute approximate surface area is 96.5 Å². The zero-order chi connectivity index (χ0) is 11.3. The Morgan fingerprint density at radius 2 is 2.38 bits per heavy atom. The summed E-state index contributed by atoms with van der Waals surface area (Å²) in [7, 11) is 0. The summed E-state index contributed by atoms with van der Waals surface area (Å²) < 4.78 is 2.03. The quantitative estimate of drug-likeness (QED) is 0.772. The number of hydrogen-bond acceptors (Lipinski definition) is 3. The number of carboxylic acids is 1. The number of aryl methyl sites for hydroxylation is 1. The minimum absolute atomic E-state index is 0. The van der Waals surface area contributed by atoms with Gasteiger partial charge in [0.25, 0.3) is 0 Å². The highest BCUT2D eigenvalue weighted by molar-refractivity contribution is 5.72. The molecule has 5 heteroatoms. The van der Waals surface area contributed by atoms with Gasteiger partial charge in [0.2, 0.25) is 0 Å². The molecule has 0 aliphatic heterocycles. The molecule has 1 aromatic rings. The zero-order valence-corrected chi connectivity index (χ0v) is 9.10. The van der Waals surface area contributed by atoms with Crippen LogP contribution in [0.2, 0.25) is 0 Å². The van der Waals surface area contributed by atoms with Crippen LogP contribution in [-0.2, 0) is 17.9 Å². The summed E-state index contributed by atoms with van der Waals surface area (Å²) in [6.45, 7) is 5.12. The summed E-state index contributed by atoms with van der Waals surface area (Å²) in [6.07, 6.45) is 4.68. The van der Waals surface area contributed by atoms with E-state index in [0.717, 1.165) is 18.8 Å². The maximum Gasteiger partial charge on any atom is 0.320 e. The number of aliphatic carboxylic acids is 1. The first-order chi connectivity index (χ1) is 7.15. The van der Waals surface area contributed by atoms with Gasteiger partial charge in [0.15, 0.2) is 0 Å². The Balaban J connectivity index is 0.00000225. The monoisotopic (exact) mass is 227 g/mol. The zero-order valence-electron chi connectivity index (χ0n) is 9.10. The first-order valence-corrected chi connectivity index (χ1v) is 5.11. The number of rotatable bonds is 6. The van der Waals surface area contributed by atoms with Gasteiger partial charge in [-0.15, -0.1) is 0 Å². The van der Waals surface area contributed by atoms with Gasteiger partial charge in [0.1, 0.15) is 11.9 Å². The van der Waals surface area contributed by atoms with E-state index in [1.54, 1.807) is 13.1 Å². The van der Waals surface area contributed by atoms with E-state index in [4.69, 9.17) is 5.11 Å². The predicted molar refractivity (Wildman–Crippen MR) is 63.2 cm³/mol. The standard InChI is InChI=1S/C10H17N3O2.CH4/c1-3-5-13-6-4-11-9(13)7-12-8(2)10(14)15;/h4,6,8,12H,3,5,7H2,1-2H3,(H,14,15);1H4. The fraction of sp³-hybridized carbons (Fsp3) is 0.636. The molecule has 1 rings (SSSR count). The van der Waals surface area contributed by atoms with Crippen LogP contribution in [0.1, 0.15) is 33.5 Å². The van der Waals surface area contributed by atoms with Crippen LogP contribution in [0.25, 0.3) is 0 Å². The lowest BCUT2D eigenvalue weighted by Crippen LogP contribution is -2.33. The molecule has 1 aromatic heterocycles. The molecule has 1 heterocycles. The van der Waals surface area contributed by atoms with Crippen LogP contribution in [0.4, 0.5) is 0 Å². The van der Waals surface area contributed by atoms with E-state index in [0.29, 0.717) is 6.54 Å². The van der Waals surface area contributed by atoms with Crippen molar-refractivity contribution in [2.24, 2.45) is 0 Å². The van der Waals surface area contributed by atoms with Crippen LogP contribution >= 0.6 is 0 Å². The minimum atomic E-state index is -0.844. The summed E-state index contributed by atoms with van der Waals surface area (Å²) in [5.41, 5.74) is 0. The molecular weight excluding hydrogens is 206 g/mol. The van der Waals surface area contributed by atoms with Gasteiger partial charge in [-0.05, 0) is 13.3 Å². The van der Waals surface area contributed by atoms with Crippen LogP contribution in [-0.4, -0.2) is 26.7 Å². The number of nitrogens with zero attached hydrogens (tertiary/aromatic N) is 2. The van der Waals surface area contributed by atoms with Crippen molar-refractivity contribution < 1.29 is 9.90 Å². The molecule has 0 saturated heterocycles. The predicted octanol–water partition coefficient (Wildman–Crippen LogP) is 1.49. The summed E-state index contributed by atoms with van der Waals surface area (Å²) in [5.74, 6) is 0.0357. The lowest BCUT2D eigenvalue weighted by atomic mass is 10.3. The Morgan fingerprint density at radius 1 is 1.69 bits per heavy atom. The van der Waals surface area contributed by atoms with E-state index in [9.17, 15) is 4.79 Å². The molecule has 0 fully saturated rings. The van der Waals surface area contributed by atoms with Crippen molar-refractivity contribution in [3.8, 4) is 0 Å². The van der Waals surface area contributed by atoms with Crippen molar-refractivity contribution in [3.63, 3.8) is 0 Å². The van der Waals surface area contributed by atoms with Crippen molar-refractivity contribution in [1.29, 1.82) is 0 Å². The SMILES string of the molecule is C.CCCn1ccnc1CNC(C)C(=O)O. The Kier molecular flexibility index (Phi) is 6.41. The molecule has 0 saturated carbocycles. The molecule has 16 heavy (non-hydrogen) atoms. The largest absolute Gasteiger partial charge is 0.480 e. The highest BCUT2D eigenvalue weighted by Gasteiger charge is 2.10. The summed E-state index contributed by atoms with van der Waals surface area (Å²) in [4.78, 5) is 14.8. The highest BCUT2D eigenvalue weighted by Crippen LogP contribution is 1.99. The third-order valence-corrected chi connectivity index (χ3v) is 2.20. The second-order valence-electron chi connectivity index (χ2n) is 3.48. The third kappa shape index (κ3) is 4.02. The molecule has 0 aromatic carbocycles. The van der Waals surface area contributed by atoms with Gasteiger partial charge in [-0.3, -0.25) is 10.1 Å². The van der Waals surface area contributed by atoms with Gasteiger partial charge in [0, 0.05) is 18.9 Å². The van der Waals surface area contributed by atoms with Crippen LogP contribution in [0.5, 0.6) is 0 Å². The Bertz CT molecular complexity index is 323. The number of aromatic nitrogens is 2. The third-order valence-electron chi connectivity index (χ3n) is 2.20. The fourth-order valence-electron chi connectivity index (χ4n) is 1.28. The maximum absolute atomic E-state index is 10.6. The van der Waals surface area contributed by atoms with Gasteiger partial charge >= 0.3 is 5.97 Å². The number of nitrogens with one attached hydrogen (secondary N) is 1. The second kappa shape index (κ2) is 7.00. The van der Waals surface area contributed by atoms with Crippen LogP contribution in [0.15, 0.2) is 12.4 Å². The van der Waals surface area contributed by atoms with Crippen LogP contribution in [0, 0.1) is 0 Å². The average Bonchev–Trinajstić information content (AvgIpc) is 2.62. The molecule has 0 spiro atoms. The number of carbonyl (C=O) groups is 1. The molecule has 0 amide bonds. The van der Waals surface area contributed by atoms with Crippen LogP contribution in [0.3, 0.4) is 0 Å². The van der Waals surface area contributed by atoms with E-state index >= 15 is 0 Å². The van der Waals surface area contributed by atoms with Crippen molar-refractivity contribution in [3.05, 3.63) is 18.2 Å². The number of imidazole rings is 1. The van der Waals surface area contributed by atoms with Crippen molar-refractivity contribution >= 4 is 5.97 Å². The van der Waals surface area contributed by atoms with Gasteiger partial charge in [0.05, 0.1) is 6.54 Å². The topological polar surface area (TPSA) is 67.2 Å².